The summed E-state index contributed by atoms with van der Waals surface area (Å²) in [4.78, 5) is 12.5. The van der Waals surface area contributed by atoms with Gasteiger partial charge >= 0.3 is 0 Å². The molecule has 6 heteroatoms. The van der Waals surface area contributed by atoms with Gasteiger partial charge < -0.3 is 4.90 Å². The average molecular weight is 207 g/mol. The Bertz CT molecular complexity index is 298. The van der Waals surface area contributed by atoms with Crippen molar-refractivity contribution in [3.05, 3.63) is 0 Å². The summed E-state index contributed by atoms with van der Waals surface area (Å²) in [5.41, 5.74) is 0. The molecule has 1 rings (SSSR count). The maximum atomic E-state index is 11.3. The molecule has 1 unspecified atom stereocenters. The lowest BCUT2D eigenvalue weighted by Gasteiger charge is -2.21. The van der Waals surface area contributed by atoms with E-state index in [9.17, 15) is 13.2 Å². The second-order valence-electron chi connectivity index (χ2n) is 2.83. The highest BCUT2D eigenvalue weighted by atomic mass is 32.2. The largest absolute Gasteiger partial charge is 0.324 e. The van der Waals surface area contributed by atoms with Crippen LogP contribution in [0.15, 0.2) is 0 Å². The molecule has 0 aromatic carbocycles. The smallest absolute Gasteiger partial charge is 0.288 e. The zero-order valence-corrected chi connectivity index (χ0v) is 8.50. The normalized spacial score (nSPS) is 24.0. The summed E-state index contributed by atoms with van der Waals surface area (Å²) >= 11 is 0. The fourth-order valence-corrected chi connectivity index (χ4v) is 2.71. The number of rotatable bonds is 3. The van der Waals surface area contributed by atoms with E-state index >= 15 is 0 Å². The quantitative estimate of drug-likeness (QED) is 0.608. The van der Waals surface area contributed by atoms with Crippen LogP contribution in [0.2, 0.25) is 0 Å². The Kier molecular flexibility index (Phi) is 2.92. The second-order valence-corrected chi connectivity index (χ2v) is 4.70. The number of nitrogens with zero attached hydrogens (tertiary/aromatic N) is 1. The van der Waals surface area contributed by atoms with Gasteiger partial charge in [0, 0.05) is 13.0 Å². The molecule has 0 N–H and O–H groups in total. The third-order valence-electron chi connectivity index (χ3n) is 2.18. The molecule has 1 saturated heterocycles. The van der Waals surface area contributed by atoms with Crippen LogP contribution in [0.4, 0.5) is 0 Å². The summed E-state index contributed by atoms with van der Waals surface area (Å²) in [5, 5.41) is -0.782. The van der Waals surface area contributed by atoms with Gasteiger partial charge in [0.15, 0.2) is 5.37 Å². The Labute approximate surface area is 77.8 Å². The Morgan fingerprint density at radius 2 is 2.23 bits per heavy atom. The molecule has 1 amide bonds. The van der Waals surface area contributed by atoms with Gasteiger partial charge in [-0.3, -0.25) is 8.98 Å². The van der Waals surface area contributed by atoms with E-state index in [1.807, 2.05) is 0 Å². The van der Waals surface area contributed by atoms with Crippen molar-refractivity contribution in [2.45, 2.75) is 25.1 Å². The van der Waals surface area contributed by atoms with Crippen molar-refractivity contribution in [1.82, 2.24) is 4.90 Å². The molecule has 0 spiro atoms. The van der Waals surface area contributed by atoms with Crippen LogP contribution in [0.1, 0.15) is 19.8 Å². The van der Waals surface area contributed by atoms with Crippen molar-refractivity contribution in [1.29, 1.82) is 0 Å². The van der Waals surface area contributed by atoms with Crippen molar-refractivity contribution >= 4 is 16.0 Å². The van der Waals surface area contributed by atoms with Gasteiger partial charge in [0.1, 0.15) is 0 Å². The number of amides is 1. The molecule has 0 radical (unpaired) electrons. The third kappa shape index (κ3) is 1.83. The molecular formula is C7H13NO4S. The van der Waals surface area contributed by atoms with Crippen LogP contribution >= 0.6 is 0 Å². The lowest BCUT2D eigenvalue weighted by Crippen LogP contribution is -2.38. The zero-order chi connectivity index (χ0) is 10.1. The maximum Gasteiger partial charge on any atom is 0.288 e. The maximum absolute atomic E-state index is 11.3. The van der Waals surface area contributed by atoms with E-state index in [1.165, 1.54) is 4.90 Å². The van der Waals surface area contributed by atoms with Crippen LogP contribution in [0, 0.1) is 0 Å². The predicted octanol–water partition coefficient (Wildman–Crippen LogP) is -0.0690. The second kappa shape index (κ2) is 3.63. The van der Waals surface area contributed by atoms with E-state index in [2.05, 4.69) is 4.18 Å². The fraction of sp³-hybridized carbons (Fsp3) is 0.857. The van der Waals surface area contributed by atoms with Crippen LogP contribution in [0.5, 0.6) is 0 Å². The molecule has 1 atom stereocenters. The van der Waals surface area contributed by atoms with Gasteiger partial charge in [0.2, 0.25) is 5.91 Å². The Balaban J connectivity index is 2.89. The molecule has 0 bridgehead atoms. The molecule has 1 fully saturated rings. The molecule has 0 aliphatic carbocycles. The van der Waals surface area contributed by atoms with E-state index in [4.69, 9.17) is 0 Å². The molecule has 0 aromatic heterocycles. The molecule has 13 heavy (non-hydrogen) atoms. The lowest BCUT2D eigenvalue weighted by molar-refractivity contribution is -0.128. The highest BCUT2D eigenvalue weighted by molar-refractivity contribution is 7.87. The van der Waals surface area contributed by atoms with Gasteiger partial charge in [-0.25, -0.2) is 0 Å². The van der Waals surface area contributed by atoms with Gasteiger partial charge in [-0.2, -0.15) is 8.42 Å². The van der Waals surface area contributed by atoms with Crippen molar-refractivity contribution in [3.63, 3.8) is 0 Å². The van der Waals surface area contributed by atoms with Crippen molar-refractivity contribution < 1.29 is 17.4 Å². The van der Waals surface area contributed by atoms with Gasteiger partial charge in [-0.1, -0.05) is 0 Å². The average Bonchev–Trinajstić information content (AvgIpc) is 2.47. The number of likely N-dealkylation sites (tertiary alicyclic amines) is 1. The first-order valence-corrected chi connectivity index (χ1v) is 5.59. The molecule has 0 aromatic rings. The summed E-state index contributed by atoms with van der Waals surface area (Å²) in [6.45, 7) is 2.16. The van der Waals surface area contributed by atoms with Gasteiger partial charge in [0.05, 0.1) is 7.11 Å². The number of hydrogen-bond donors (Lipinski definition) is 0. The van der Waals surface area contributed by atoms with Crippen LogP contribution in [0.25, 0.3) is 0 Å². The minimum Gasteiger partial charge on any atom is -0.324 e. The number of hydrogen-bond acceptors (Lipinski definition) is 4. The van der Waals surface area contributed by atoms with Gasteiger partial charge in [0.25, 0.3) is 10.1 Å². The number of carbonyl (C=O) groups excluding carboxylic acids is 1. The first kappa shape index (κ1) is 10.5. The minimum absolute atomic E-state index is 0.117. The summed E-state index contributed by atoms with van der Waals surface area (Å²) in [7, 11) is -2.47. The molecule has 1 aliphatic rings. The van der Waals surface area contributed by atoms with Gasteiger partial charge in [-0.05, 0) is 13.3 Å². The SMILES string of the molecule is CCN1C(=O)CCC1S(=O)(=O)OC. The Hall–Kier alpha value is -0.620. The predicted molar refractivity (Wildman–Crippen MR) is 46.3 cm³/mol. The topological polar surface area (TPSA) is 63.7 Å². The first-order valence-electron chi connectivity index (χ1n) is 4.12. The standard InChI is InChI=1S/C7H13NO4S/c1-3-8-6(9)4-5-7(8)13(10,11)12-2/h7H,3-5H2,1-2H3. The Morgan fingerprint density at radius 3 is 2.69 bits per heavy atom. The van der Waals surface area contributed by atoms with E-state index < -0.39 is 15.5 Å². The van der Waals surface area contributed by atoms with Crippen molar-refractivity contribution in [2.75, 3.05) is 13.7 Å². The van der Waals surface area contributed by atoms with Crippen LogP contribution < -0.4 is 0 Å². The summed E-state index contributed by atoms with van der Waals surface area (Å²) in [5.74, 6) is -0.117. The van der Waals surface area contributed by atoms with Crippen LogP contribution in [0.3, 0.4) is 0 Å². The lowest BCUT2D eigenvalue weighted by atomic mass is 10.4. The highest BCUT2D eigenvalue weighted by Gasteiger charge is 2.39. The van der Waals surface area contributed by atoms with E-state index in [-0.39, 0.29) is 5.91 Å². The fourth-order valence-electron chi connectivity index (χ4n) is 1.50. The molecule has 0 saturated carbocycles. The molecule has 1 heterocycles. The molecule has 76 valence electrons. The van der Waals surface area contributed by atoms with Crippen molar-refractivity contribution in [2.24, 2.45) is 0 Å². The summed E-state index contributed by atoms with van der Waals surface area (Å²) < 4.78 is 27.0. The minimum atomic E-state index is -3.59. The summed E-state index contributed by atoms with van der Waals surface area (Å²) in [6, 6.07) is 0. The molecule has 1 aliphatic heterocycles. The van der Waals surface area contributed by atoms with E-state index in [0.29, 0.717) is 19.4 Å². The summed E-state index contributed by atoms with van der Waals surface area (Å²) in [6.07, 6.45) is 0.629. The van der Waals surface area contributed by atoms with Gasteiger partial charge in [-0.15, -0.1) is 0 Å². The third-order valence-corrected chi connectivity index (χ3v) is 3.80. The highest BCUT2D eigenvalue weighted by Crippen LogP contribution is 2.23. The van der Waals surface area contributed by atoms with E-state index in [1.54, 1.807) is 6.92 Å². The molecular weight excluding hydrogens is 194 g/mol. The van der Waals surface area contributed by atoms with Crippen molar-refractivity contribution in [3.8, 4) is 0 Å². The van der Waals surface area contributed by atoms with E-state index in [0.717, 1.165) is 7.11 Å². The van der Waals surface area contributed by atoms with Crippen LogP contribution in [-0.2, 0) is 19.1 Å². The number of carbonyl (C=O) groups is 1. The van der Waals surface area contributed by atoms with Crippen LogP contribution in [-0.4, -0.2) is 38.3 Å². The molecule has 5 nitrogen and oxygen atoms in total. The Morgan fingerprint density at radius 1 is 1.62 bits per heavy atom. The monoisotopic (exact) mass is 207 g/mol. The zero-order valence-electron chi connectivity index (χ0n) is 7.69. The first-order chi connectivity index (χ1) is 6.03.